The van der Waals surface area contributed by atoms with E-state index in [1.807, 2.05) is 0 Å². The van der Waals surface area contributed by atoms with Gasteiger partial charge in [0.1, 0.15) is 5.57 Å². The number of carbonyl (C=O) groups excluding carboxylic acids is 3. The van der Waals surface area contributed by atoms with E-state index < -0.39 is 23.7 Å². The van der Waals surface area contributed by atoms with Crippen LogP contribution in [-0.2, 0) is 23.9 Å². The first-order chi connectivity index (χ1) is 6.06. The quantitative estimate of drug-likeness (QED) is 0.446. The second-order valence-corrected chi connectivity index (χ2v) is 2.22. The van der Waals surface area contributed by atoms with Crippen LogP contribution in [0.25, 0.3) is 0 Å². The fourth-order valence-corrected chi connectivity index (χ4v) is 0.805. The SMILES string of the molecule is C=CC1=C(OC(C)=O)C(=O)OC1=O. The minimum atomic E-state index is -0.963. The summed E-state index contributed by atoms with van der Waals surface area (Å²) < 4.78 is 8.65. The highest BCUT2D eigenvalue weighted by Gasteiger charge is 2.33. The van der Waals surface area contributed by atoms with E-state index in [1.165, 1.54) is 0 Å². The number of carbonyl (C=O) groups is 3. The van der Waals surface area contributed by atoms with Crippen LogP contribution in [0.2, 0.25) is 0 Å². The number of cyclic esters (lactones) is 2. The molecule has 1 heterocycles. The Hall–Kier alpha value is -1.91. The summed E-state index contributed by atoms with van der Waals surface area (Å²) >= 11 is 0. The molecule has 0 spiro atoms. The summed E-state index contributed by atoms with van der Waals surface area (Å²) in [6.45, 7) is 4.40. The smallest absolute Gasteiger partial charge is 0.383 e. The molecule has 0 aromatic rings. The standard InChI is InChI=1S/C8H6O5/c1-3-5-6(12-4(2)9)8(11)13-7(5)10/h3H,1H2,2H3. The van der Waals surface area contributed by atoms with Crippen molar-refractivity contribution in [2.45, 2.75) is 6.92 Å². The van der Waals surface area contributed by atoms with E-state index in [0.29, 0.717) is 0 Å². The average Bonchev–Trinajstić information content (AvgIpc) is 2.26. The summed E-state index contributed by atoms with van der Waals surface area (Å²) in [6, 6.07) is 0. The molecule has 0 amide bonds. The topological polar surface area (TPSA) is 69.7 Å². The highest BCUT2D eigenvalue weighted by molar-refractivity contribution is 6.13. The summed E-state index contributed by atoms with van der Waals surface area (Å²) in [6.07, 6.45) is 1.10. The Labute approximate surface area is 73.6 Å². The zero-order chi connectivity index (χ0) is 10.0. The molecule has 0 bridgehead atoms. The van der Waals surface area contributed by atoms with Gasteiger partial charge in [0, 0.05) is 6.92 Å². The maximum atomic E-state index is 10.9. The molecule has 0 saturated carbocycles. The molecular formula is C8H6O5. The zero-order valence-electron chi connectivity index (χ0n) is 6.83. The van der Waals surface area contributed by atoms with Crippen molar-refractivity contribution < 1.29 is 23.9 Å². The molecule has 0 aromatic carbocycles. The van der Waals surface area contributed by atoms with Crippen LogP contribution in [0, 0.1) is 0 Å². The van der Waals surface area contributed by atoms with Gasteiger partial charge in [-0.25, -0.2) is 9.59 Å². The third-order valence-corrected chi connectivity index (χ3v) is 1.29. The van der Waals surface area contributed by atoms with Crippen LogP contribution in [0.3, 0.4) is 0 Å². The van der Waals surface area contributed by atoms with E-state index in [9.17, 15) is 14.4 Å². The second-order valence-electron chi connectivity index (χ2n) is 2.22. The van der Waals surface area contributed by atoms with Gasteiger partial charge in [-0.05, 0) is 0 Å². The van der Waals surface area contributed by atoms with Gasteiger partial charge in [-0.2, -0.15) is 0 Å². The van der Waals surface area contributed by atoms with Gasteiger partial charge in [0.15, 0.2) is 0 Å². The van der Waals surface area contributed by atoms with Crippen molar-refractivity contribution >= 4 is 17.9 Å². The lowest BCUT2D eigenvalue weighted by molar-refractivity contribution is -0.155. The van der Waals surface area contributed by atoms with Gasteiger partial charge < -0.3 is 9.47 Å². The molecule has 0 N–H and O–H groups in total. The third kappa shape index (κ3) is 1.64. The Morgan fingerprint density at radius 1 is 1.46 bits per heavy atom. The van der Waals surface area contributed by atoms with Crippen LogP contribution in [-0.4, -0.2) is 17.9 Å². The molecule has 5 heteroatoms. The molecule has 1 aliphatic heterocycles. The Morgan fingerprint density at radius 2 is 2.08 bits per heavy atom. The number of rotatable bonds is 2. The molecule has 0 fully saturated rings. The number of ether oxygens (including phenoxy) is 2. The van der Waals surface area contributed by atoms with Crippen molar-refractivity contribution in [3.05, 3.63) is 24.0 Å². The van der Waals surface area contributed by atoms with Gasteiger partial charge in [-0.1, -0.05) is 12.7 Å². The molecule has 68 valence electrons. The van der Waals surface area contributed by atoms with Crippen molar-refractivity contribution in [3.63, 3.8) is 0 Å². The average molecular weight is 182 g/mol. The molecule has 0 radical (unpaired) electrons. The molecule has 5 nitrogen and oxygen atoms in total. The Balaban J connectivity index is 3.06. The molecule has 13 heavy (non-hydrogen) atoms. The number of hydrogen-bond donors (Lipinski definition) is 0. The number of hydrogen-bond acceptors (Lipinski definition) is 5. The van der Waals surface area contributed by atoms with Crippen LogP contribution in [0.15, 0.2) is 24.0 Å². The highest BCUT2D eigenvalue weighted by Crippen LogP contribution is 2.19. The van der Waals surface area contributed by atoms with Crippen molar-refractivity contribution in [2.75, 3.05) is 0 Å². The lowest BCUT2D eigenvalue weighted by Crippen LogP contribution is -2.07. The minimum absolute atomic E-state index is 0.125. The van der Waals surface area contributed by atoms with E-state index in [4.69, 9.17) is 0 Å². The van der Waals surface area contributed by atoms with Gasteiger partial charge in [-0.3, -0.25) is 4.79 Å². The zero-order valence-corrected chi connectivity index (χ0v) is 6.83. The number of esters is 3. The Kier molecular flexibility index (Phi) is 2.27. The maximum absolute atomic E-state index is 10.9. The lowest BCUT2D eigenvalue weighted by atomic mass is 10.2. The molecule has 1 aliphatic rings. The summed E-state index contributed by atoms with van der Waals surface area (Å²) in [4.78, 5) is 32.2. The van der Waals surface area contributed by atoms with Crippen LogP contribution in [0.5, 0.6) is 0 Å². The minimum Gasteiger partial charge on any atom is -0.418 e. The first-order valence-corrected chi connectivity index (χ1v) is 3.38. The van der Waals surface area contributed by atoms with Gasteiger partial charge in [0.25, 0.3) is 0 Å². The maximum Gasteiger partial charge on any atom is 0.383 e. The lowest BCUT2D eigenvalue weighted by Gasteiger charge is -1.96. The molecule has 0 aromatic heterocycles. The fourth-order valence-electron chi connectivity index (χ4n) is 0.805. The van der Waals surface area contributed by atoms with Crippen molar-refractivity contribution in [1.29, 1.82) is 0 Å². The molecule has 0 aliphatic carbocycles. The van der Waals surface area contributed by atoms with E-state index in [2.05, 4.69) is 16.1 Å². The first-order valence-electron chi connectivity index (χ1n) is 3.38. The van der Waals surface area contributed by atoms with Crippen molar-refractivity contribution in [2.24, 2.45) is 0 Å². The van der Waals surface area contributed by atoms with E-state index in [0.717, 1.165) is 13.0 Å². The largest absolute Gasteiger partial charge is 0.418 e. The van der Waals surface area contributed by atoms with Crippen LogP contribution < -0.4 is 0 Å². The highest BCUT2D eigenvalue weighted by atomic mass is 16.6. The fraction of sp³-hybridized carbons (Fsp3) is 0.125. The summed E-state index contributed by atoms with van der Waals surface area (Å²) in [5, 5.41) is 0. The predicted molar refractivity (Wildman–Crippen MR) is 40.1 cm³/mol. The summed E-state index contributed by atoms with van der Waals surface area (Å²) in [7, 11) is 0. The van der Waals surface area contributed by atoms with Gasteiger partial charge in [0.05, 0.1) is 0 Å². The molecule has 0 saturated heterocycles. The Morgan fingerprint density at radius 3 is 2.54 bits per heavy atom. The van der Waals surface area contributed by atoms with Crippen LogP contribution in [0.4, 0.5) is 0 Å². The molecular weight excluding hydrogens is 176 g/mol. The van der Waals surface area contributed by atoms with Gasteiger partial charge in [-0.15, -0.1) is 0 Å². The summed E-state index contributed by atoms with van der Waals surface area (Å²) in [5.74, 6) is -2.90. The van der Waals surface area contributed by atoms with Crippen LogP contribution >= 0.6 is 0 Å². The third-order valence-electron chi connectivity index (χ3n) is 1.29. The van der Waals surface area contributed by atoms with Gasteiger partial charge >= 0.3 is 17.9 Å². The molecule has 0 unspecified atom stereocenters. The Bertz CT molecular complexity index is 336. The predicted octanol–water partition coefficient (Wildman–Crippen LogP) is 0.0730. The van der Waals surface area contributed by atoms with Crippen molar-refractivity contribution in [3.8, 4) is 0 Å². The molecule has 0 atom stereocenters. The monoisotopic (exact) mass is 182 g/mol. The normalized spacial score (nSPS) is 15.8. The van der Waals surface area contributed by atoms with Crippen molar-refractivity contribution in [1.82, 2.24) is 0 Å². The van der Waals surface area contributed by atoms with Crippen LogP contribution in [0.1, 0.15) is 6.92 Å². The van der Waals surface area contributed by atoms with E-state index >= 15 is 0 Å². The first kappa shape index (κ1) is 9.18. The summed E-state index contributed by atoms with van der Waals surface area (Å²) in [5.41, 5.74) is -0.125. The second kappa shape index (κ2) is 3.22. The van der Waals surface area contributed by atoms with Gasteiger partial charge in [0.2, 0.25) is 5.76 Å². The van der Waals surface area contributed by atoms with E-state index in [-0.39, 0.29) is 5.57 Å². The van der Waals surface area contributed by atoms with E-state index in [1.54, 1.807) is 0 Å². The molecule has 1 rings (SSSR count).